The van der Waals surface area contributed by atoms with E-state index in [1.54, 1.807) is 73.1 Å². The van der Waals surface area contributed by atoms with Crippen LogP contribution in [0.25, 0.3) is 113 Å². The molecule has 2 amide bonds. The van der Waals surface area contributed by atoms with E-state index in [0.29, 0.717) is 116 Å². The Kier molecular flexibility index (Phi) is 27.5. The van der Waals surface area contributed by atoms with Gasteiger partial charge in [-0.05, 0) is 112 Å². The number of ether oxygens (including phenoxy) is 1. The van der Waals surface area contributed by atoms with Gasteiger partial charge in [0.2, 0.25) is 11.8 Å². The maximum Gasteiger partial charge on any atom is 0.330 e. The third kappa shape index (κ3) is 20.1. The van der Waals surface area contributed by atoms with Gasteiger partial charge >= 0.3 is 11.4 Å². The van der Waals surface area contributed by atoms with Crippen LogP contribution in [-0.4, -0.2) is 131 Å². The fraction of sp³-hybridized carbons (Fsp3) is 0.252. The van der Waals surface area contributed by atoms with E-state index in [1.807, 2.05) is 208 Å². The lowest BCUT2D eigenvalue weighted by atomic mass is 9.97. The Hall–Kier alpha value is -15.8. The predicted molar refractivity (Wildman–Crippen MR) is 542 cm³/mol. The largest absolute Gasteiger partial charge is 0.492 e. The first-order chi connectivity index (χ1) is 66.2. The topological polar surface area (TPSA) is 264 Å². The molecule has 9 aromatic carbocycles. The molecule has 0 radical (unpaired) electrons. The molecule has 137 heavy (non-hydrogen) atoms. The average molecular weight is 1820 g/mol. The lowest BCUT2D eigenvalue weighted by molar-refractivity contribution is -0.118. The predicted octanol–water partition coefficient (Wildman–Crippen LogP) is 19.8. The summed E-state index contributed by atoms with van der Waals surface area (Å²) in [5, 5.41) is 4.23. The Morgan fingerprint density at radius 3 is 1.15 bits per heavy atom. The van der Waals surface area contributed by atoms with Gasteiger partial charge in [0.15, 0.2) is 34.6 Å². The number of likely N-dealkylation sites (N-methyl/N-ethyl adjacent to an activating group) is 1. The molecule has 0 atom stereocenters. The van der Waals surface area contributed by atoms with Gasteiger partial charge in [0.05, 0.1) is 62.8 Å². The number of imidazole rings is 4. The highest BCUT2D eigenvalue weighted by atomic mass is 16.5. The molecule has 18 aromatic rings. The number of para-hydroxylation sites is 1. The second-order valence-electron chi connectivity index (χ2n) is 36.5. The number of rotatable bonds is 24. The number of carbonyl (C=O) groups is 2. The van der Waals surface area contributed by atoms with Gasteiger partial charge in [-0.3, -0.25) is 42.3 Å². The zero-order valence-electron chi connectivity index (χ0n) is 80.4. The zero-order valence-corrected chi connectivity index (χ0v) is 80.4. The first-order valence-corrected chi connectivity index (χ1v) is 46.4. The quantitative estimate of drug-likeness (QED) is 0.0544. The molecule has 0 fully saturated rings. The molecule has 0 saturated heterocycles. The van der Waals surface area contributed by atoms with Crippen molar-refractivity contribution in [2.45, 2.75) is 125 Å². The van der Waals surface area contributed by atoms with E-state index >= 15 is 0 Å². The average Bonchev–Trinajstić information content (AvgIpc) is 1.67. The number of nitrogens with zero attached hydrogens (tertiary/aromatic N) is 21. The third-order valence-electron chi connectivity index (χ3n) is 25.2. The number of carbonyl (C=O) groups excluding carboxylic acids is 2. The van der Waals surface area contributed by atoms with E-state index in [0.717, 1.165) is 130 Å². The van der Waals surface area contributed by atoms with Crippen molar-refractivity contribution >= 4 is 45.8 Å². The van der Waals surface area contributed by atoms with E-state index in [9.17, 15) is 19.2 Å². The number of aromatic nitrogens is 18. The Morgan fingerprint density at radius 2 is 0.759 bits per heavy atom. The summed E-state index contributed by atoms with van der Waals surface area (Å²) in [6, 6.07) is 75.8. The van der Waals surface area contributed by atoms with Gasteiger partial charge in [-0.25, -0.2) is 59.4 Å². The molecule has 20 rings (SSSR count). The first-order valence-electron chi connectivity index (χ1n) is 46.4. The summed E-state index contributed by atoms with van der Waals surface area (Å²) in [5.74, 6) is 8.23. The number of aryl methyl sites for hydroxylation is 6. The smallest absolute Gasteiger partial charge is 0.330 e. The molecule has 0 N–H and O–H groups in total. The molecule has 9 aromatic heterocycles. The van der Waals surface area contributed by atoms with Crippen molar-refractivity contribution in [2.24, 2.45) is 35.2 Å². The van der Waals surface area contributed by atoms with E-state index < -0.39 is 0 Å². The summed E-state index contributed by atoms with van der Waals surface area (Å²) in [6.07, 6.45) is 15.3. The summed E-state index contributed by atoms with van der Waals surface area (Å²) in [7, 11) is 13.5. The lowest BCUT2D eigenvalue weighted by Gasteiger charge is -2.18. The minimum absolute atomic E-state index is 0.0484. The maximum atomic E-state index is 13.1. The molecule has 2 aliphatic rings. The molecule has 692 valence electrons. The number of hydrogen-bond acceptors (Lipinski definition) is 17. The summed E-state index contributed by atoms with van der Waals surface area (Å²) in [6.45, 7) is 22.6. The van der Waals surface area contributed by atoms with Gasteiger partial charge in [-0.1, -0.05) is 268 Å². The fourth-order valence-corrected chi connectivity index (χ4v) is 17.7. The van der Waals surface area contributed by atoms with Crippen molar-refractivity contribution in [3.05, 3.63) is 356 Å². The molecule has 11 heterocycles. The van der Waals surface area contributed by atoms with Crippen LogP contribution in [0.15, 0.2) is 284 Å². The molecule has 0 unspecified atom stereocenters. The zero-order chi connectivity index (χ0) is 96.0. The van der Waals surface area contributed by atoms with E-state index in [-0.39, 0.29) is 23.2 Å². The van der Waals surface area contributed by atoms with Crippen LogP contribution in [0.5, 0.6) is 5.75 Å². The maximum absolute atomic E-state index is 13.1. The molecule has 0 bridgehead atoms. The molecule has 2 aliphatic heterocycles. The standard InChI is InChI=1S/C32H34N4O2.C27H28N6O.C26H26N6O.C26H25N5O/c1-22(2)26-9-5-6-11-28(26)31-33-20-25-19-30(37)36(32(25)34-31)21-23-13-15-24(16-14-23)27-10-7-8-12-29(27)38-18-17-35(3)4;1-17(2)21-8-6-7-9-22(21)24-28-14-23-26(30-24)33(27(34)32(23)5)16-19-10-12-20(13-11-19)25-29-18(3)15-31(25)4;1-17(2)20-7-5-6-8-21(20)23-28-15-22-25(29-23)32(26(33)31(22)4)16-18-9-11-19(12-10-18)24-27-13-14-30(24)3;1-17(2)21-6-4-5-7-22(21)25-27-15-20-14-24(32)31(26(20)29-25)16-18-8-10-19(11-9-18)23-12-13-28-30(23)3/h5-16,20,22H,17-19,21H2,1-4H3;6-15,17H,16H2,1-5H3;5-15,17H,16H2,1-4H3;4-13,15,17H,14,16H2,1-3H3. The van der Waals surface area contributed by atoms with Gasteiger partial charge < -0.3 is 18.8 Å². The summed E-state index contributed by atoms with van der Waals surface area (Å²) in [4.78, 5) is 104. The minimum atomic E-state index is -0.109. The fourth-order valence-electron chi connectivity index (χ4n) is 17.7. The van der Waals surface area contributed by atoms with E-state index in [2.05, 4.69) is 186 Å². The SMILES string of the molecule is CC(C)c1ccccc1-c1ncc2c(n1)N(Cc1ccc(-c3ccccc3OCCN(C)C)cc1)C(=O)C2.CC(C)c1ccccc1-c1ncc2c(n1)N(Cc1ccc(-c3ccnn3C)cc1)C(=O)C2.CC(C)c1ccccc1-c1ncc2c(n1)n(Cc1ccc(-c3nccn3C)cc1)c(=O)n2C.Cc1cn(C)c(-c2ccc(Cn3c(=O)n(C)c4cnc(-c5ccccc5C(C)C)nc43)cc2)n1. The Bertz CT molecular complexity index is 7560. The molecule has 26 nitrogen and oxygen atoms in total. The Balaban J connectivity index is 0.000000127. The van der Waals surface area contributed by atoms with Crippen LogP contribution >= 0.6 is 0 Å². The molecular formula is C111H113N21O5. The van der Waals surface area contributed by atoms with Crippen LogP contribution < -0.4 is 25.9 Å². The van der Waals surface area contributed by atoms with Crippen molar-refractivity contribution in [3.8, 4) is 96.5 Å². The Labute approximate surface area is 797 Å². The van der Waals surface area contributed by atoms with Gasteiger partial charge in [0, 0.05) is 129 Å². The molecular weight excluding hydrogens is 1710 g/mol. The van der Waals surface area contributed by atoms with Crippen LogP contribution in [0.3, 0.4) is 0 Å². The van der Waals surface area contributed by atoms with Gasteiger partial charge in [0.25, 0.3) is 0 Å². The van der Waals surface area contributed by atoms with Crippen molar-refractivity contribution in [1.82, 2.24) is 91.9 Å². The third-order valence-corrected chi connectivity index (χ3v) is 25.2. The van der Waals surface area contributed by atoms with E-state index in [1.165, 1.54) is 22.3 Å². The van der Waals surface area contributed by atoms with Crippen molar-refractivity contribution in [2.75, 3.05) is 37.0 Å². The van der Waals surface area contributed by atoms with Crippen LogP contribution in [0.2, 0.25) is 0 Å². The minimum Gasteiger partial charge on any atom is -0.492 e. The number of hydrogen-bond donors (Lipinski definition) is 0. The summed E-state index contributed by atoms with van der Waals surface area (Å²) >= 11 is 0. The van der Waals surface area contributed by atoms with E-state index in [4.69, 9.17) is 24.7 Å². The van der Waals surface area contributed by atoms with Crippen molar-refractivity contribution in [1.29, 1.82) is 0 Å². The van der Waals surface area contributed by atoms with Crippen LogP contribution in [0.1, 0.15) is 140 Å². The van der Waals surface area contributed by atoms with Gasteiger partial charge in [0.1, 0.15) is 46.7 Å². The Morgan fingerprint density at radius 1 is 0.380 bits per heavy atom. The highest BCUT2D eigenvalue weighted by Crippen LogP contribution is 2.39. The monoisotopic (exact) mass is 1820 g/mol. The first kappa shape index (κ1) is 93.0. The normalized spacial score (nSPS) is 12.3. The molecule has 0 saturated carbocycles. The molecule has 0 aliphatic carbocycles. The summed E-state index contributed by atoms with van der Waals surface area (Å²) < 4.78 is 18.6. The van der Waals surface area contributed by atoms with Crippen molar-refractivity contribution in [3.63, 3.8) is 0 Å². The second kappa shape index (κ2) is 40.5. The van der Waals surface area contributed by atoms with Crippen LogP contribution in [-0.2, 0) is 83.8 Å². The number of amides is 2. The van der Waals surface area contributed by atoms with Crippen molar-refractivity contribution < 1.29 is 14.3 Å². The highest BCUT2D eigenvalue weighted by molar-refractivity contribution is 6.01. The van der Waals surface area contributed by atoms with Crippen LogP contribution in [0.4, 0.5) is 11.6 Å². The molecule has 0 spiro atoms. The van der Waals surface area contributed by atoms with Gasteiger partial charge in [-0.15, -0.1) is 0 Å². The number of anilines is 2. The highest BCUT2D eigenvalue weighted by Gasteiger charge is 2.33. The van der Waals surface area contributed by atoms with Crippen LogP contribution in [0, 0.1) is 6.92 Å². The summed E-state index contributed by atoms with van der Waals surface area (Å²) in [5.41, 5.74) is 24.5. The van der Waals surface area contributed by atoms with Gasteiger partial charge in [-0.2, -0.15) is 5.10 Å². The second-order valence-corrected chi connectivity index (χ2v) is 36.5. The molecule has 26 heteroatoms. The lowest BCUT2D eigenvalue weighted by Crippen LogP contribution is -2.26. The number of fused-ring (bicyclic) bond motifs is 4. The number of benzene rings is 9.